The number of hydrogen-bond donors (Lipinski definition) is 1. The van der Waals surface area contributed by atoms with E-state index in [2.05, 4.69) is 37.2 Å². The Morgan fingerprint density at radius 1 is 1.11 bits per heavy atom. The zero-order valence-corrected chi connectivity index (χ0v) is 13.0. The number of nitrogens with one attached hydrogen (secondary N) is 1. The fourth-order valence-corrected chi connectivity index (χ4v) is 4.48. The smallest absolute Gasteiger partial charge is 0.0565 e. The van der Waals surface area contributed by atoms with Gasteiger partial charge in [0.15, 0.2) is 0 Å². The predicted molar refractivity (Wildman–Crippen MR) is 80.4 cm³/mol. The Bertz CT molecular complexity index is 243. The van der Waals surface area contributed by atoms with Crippen molar-refractivity contribution in [2.75, 3.05) is 12.8 Å². The van der Waals surface area contributed by atoms with E-state index in [0.717, 1.165) is 0 Å². The fourth-order valence-electron chi connectivity index (χ4n) is 3.55. The van der Waals surface area contributed by atoms with Gasteiger partial charge in [0.05, 0.1) is 12.2 Å². The van der Waals surface area contributed by atoms with Crippen LogP contribution in [0.3, 0.4) is 0 Å². The molecule has 1 N–H and O–H groups in total. The lowest BCUT2D eigenvalue weighted by Crippen LogP contribution is -2.47. The van der Waals surface area contributed by atoms with E-state index in [9.17, 15) is 0 Å². The first-order valence-electron chi connectivity index (χ1n) is 7.57. The van der Waals surface area contributed by atoms with Crippen molar-refractivity contribution in [3.05, 3.63) is 0 Å². The van der Waals surface area contributed by atoms with Crippen LogP contribution in [0.5, 0.6) is 0 Å². The molecule has 2 nitrogen and oxygen atoms in total. The van der Waals surface area contributed by atoms with Gasteiger partial charge in [0.2, 0.25) is 0 Å². The summed E-state index contributed by atoms with van der Waals surface area (Å²) in [4.78, 5) is 0. The molecule has 2 aliphatic rings. The van der Waals surface area contributed by atoms with Crippen LogP contribution in [-0.4, -0.2) is 35.8 Å². The van der Waals surface area contributed by atoms with Gasteiger partial charge >= 0.3 is 0 Å². The monoisotopic (exact) mass is 271 g/mol. The molecule has 2 rings (SSSR count). The van der Waals surface area contributed by atoms with E-state index >= 15 is 0 Å². The first-order valence-corrected chi connectivity index (χ1v) is 8.80. The van der Waals surface area contributed by atoms with Crippen LogP contribution in [0.15, 0.2) is 0 Å². The van der Waals surface area contributed by atoms with Crippen LogP contribution in [0.2, 0.25) is 0 Å². The van der Waals surface area contributed by atoms with Crippen LogP contribution in [0.4, 0.5) is 0 Å². The highest BCUT2D eigenvalue weighted by Crippen LogP contribution is 2.38. The largest absolute Gasteiger partial charge is 0.375 e. The summed E-state index contributed by atoms with van der Waals surface area (Å²) in [5.74, 6) is 0. The molecule has 0 aromatic rings. The van der Waals surface area contributed by atoms with Crippen molar-refractivity contribution in [2.24, 2.45) is 0 Å². The zero-order chi connectivity index (χ0) is 13.0. The maximum Gasteiger partial charge on any atom is 0.0565 e. The second-order valence-corrected chi connectivity index (χ2v) is 7.53. The van der Waals surface area contributed by atoms with Gasteiger partial charge in [-0.25, -0.2) is 0 Å². The van der Waals surface area contributed by atoms with Gasteiger partial charge in [-0.1, -0.05) is 19.3 Å². The normalized spacial score (nSPS) is 36.5. The average molecular weight is 271 g/mol. The molecule has 1 aliphatic carbocycles. The summed E-state index contributed by atoms with van der Waals surface area (Å²) in [7, 11) is 0. The third-order valence-corrected chi connectivity index (χ3v) is 6.03. The van der Waals surface area contributed by atoms with Gasteiger partial charge in [0, 0.05) is 17.3 Å². The maximum atomic E-state index is 5.81. The van der Waals surface area contributed by atoms with Gasteiger partial charge < -0.3 is 10.1 Å². The van der Waals surface area contributed by atoms with Crippen LogP contribution >= 0.6 is 11.8 Å². The van der Waals surface area contributed by atoms with Gasteiger partial charge in [-0.3, -0.25) is 0 Å². The van der Waals surface area contributed by atoms with Gasteiger partial charge in [-0.2, -0.15) is 11.8 Å². The van der Waals surface area contributed by atoms with Crippen molar-refractivity contribution in [3.63, 3.8) is 0 Å². The van der Waals surface area contributed by atoms with Crippen LogP contribution in [0.1, 0.15) is 58.8 Å². The molecule has 0 amide bonds. The van der Waals surface area contributed by atoms with E-state index in [0.29, 0.717) is 23.0 Å². The molecular weight excluding hydrogens is 242 g/mol. The molecule has 18 heavy (non-hydrogen) atoms. The number of ether oxygens (including phenoxy) is 1. The minimum atomic E-state index is 0.419. The SMILES string of the molecule is CSC1(CNC2CC(C)OC(C)C2)CCCCC1. The van der Waals surface area contributed by atoms with Gasteiger partial charge in [-0.05, 0) is 45.8 Å². The van der Waals surface area contributed by atoms with E-state index in [1.807, 2.05) is 0 Å². The third kappa shape index (κ3) is 3.88. The Balaban J connectivity index is 1.82. The molecule has 1 aliphatic heterocycles. The molecule has 0 radical (unpaired) electrons. The number of rotatable bonds is 4. The first-order chi connectivity index (χ1) is 8.63. The second-order valence-electron chi connectivity index (χ2n) is 6.25. The summed E-state index contributed by atoms with van der Waals surface area (Å²) in [6.45, 7) is 5.60. The van der Waals surface area contributed by atoms with Gasteiger partial charge in [0.1, 0.15) is 0 Å². The standard InChI is InChI=1S/C15H29NOS/c1-12-9-14(10-13(2)17-12)16-11-15(18-3)7-5-4-6-8-15/h12-14,16H,4-11H2,1-3H3. The molecule has 2 unspecified atom stereocenters. The van der Waals surface area contributed by atoms with Crippen molar-refractivity contribution in [3.8, 4) is 0 Å². The van der Waals surface area contributed by atoms with E-state index in [4.69, 9.17) is 4.74 Å². The Morgan fingerprint density at radius 3 is 2.28 bits per heavy atom. The molecule has 1 heterocycles. The van der Waals surface area contributed by atoms with Crippen LogP contribution in [-0.2, 0) is 4.74 Å². The highest BCUT2D eigenvalue weighted by Gasteiger charge is 2.32. The summed E-state index contributed by atoms with van der Waals surface area (Å²) in [6, 6.07) is 0.662. The van der Waals surface area contributed by atoms with E-state index < -0.39 is 0 Å². The minimum Gasteiger partial charge on any atom is -0.375 e. The fraction of sp³-hybridized carbons (Fsp3) is 1.00. The topological polar surface area (TPSA) is 21.3 Å². The van der Waals surface area contributed by atoms with Crippen molar-refractivity contribution in [2.45, 2.75) is 81.8 Å². The Kier molecular flexibility index (Phi) is 5.40. The molecule has 0 spiro atoms. The highest BCUT2D eigenvalue weighted by atomic mass is 32.2. The quantitative estimate of drug-likeness (QED) is 0.844. The molecule has 1 saturated heterocycles. The van der Waals surface area contributed by atoms with Crippen molar-refractivity contribution >= 4 is 11.8 Å². The molecule has 3 heteroatoms. The van der Waals surface area contributed by atoms with Crippen molar-refractivity contribution in [1.29, 1.82) is 0 Å². The summed E-state index contributed by atoms with van der Waals surface area (Å²) in [5, 5.41) is 3.84. The molecule has 0 aromatic carbocycles. The van der Waals surface area contributed by atoms with E-state index in [1.165, 1.54) is 51.5 Å². The average Bonchev–Trinajstić information content (AvgIpc) is 2.36. The van der Waals surface area contributed by atoms with Crippen LogP contribution in [0.25, 0.3) is 0 Å². The molecule has 0 bridgehead atoms. The van der Waals surface area contributed by atoms with E-state index in [1.54, 1.807) is 0 Å². The minimum absolute atomic E-state index is 0.419. The lowest BCUT2D eigenvalue weighted by atomic mass is 9.87. The van der Waals surface area contributed by atoms with Crippen molar-refractivity contribution < 1.29 is 4.74 Å². The molecule has 1 saturated carbocycles. The predicted octanol–water partition coefficient (Wildman–Crippen LogP) is 3.60. The Labute approximate surface area is 117 Å². The summed E-state index contributed by atoms with van der Waals surface area (Å²) in [6.07, 6.45) is 12.6. The Hall–Kier alpha value is 0.270. The molecule has 106 valence electrons. The molecule has 2 fully saturated rings. The summed E-state index contributed by atoms with van der Waals surface area (Å²) < 4.78 is 6.33. The van der Waals surface area contributed by atoms with Gasteiger partial charge in [-0.15, -0.1) is 0 Å². The second kappa shape index (κ2) is 6.62. The van der Waals surface area contributed by atoms with Crippen LogP contribution in [0, 0.1) is 0 Å². The summed E-state index contributed by atoms with van der Waals surface area (Å²) >= 11 is 2.09. The van der Waals surface area contributed by atoms with Gasteiger partial charge in [0.25, 0.3) is 0 Å². The zero-order valence-electron chi connectivity index (χ0n) is 12.2. The lowest BCUT2D eigenvalue weighted by Gasteiger charge is -2.39. The lowest BCUT2D eigenvalue weighted by molar-refractivity contribution is -0.0423. The maximum absolute atomic E-state index is 5.81. The van der Waals surface area contributed by atoms with Crippen molar-refractivity contribution in [1.82, 2.24) is 5.32 Å². The third-order valence-electron chi connectivity index (χ3n) is 4.61. The first kappa shape index (κ1) is 14.7. The van der Waals surface area contributed by atoms with E-state index in [-0.39, 0.29) is 0 Å². The Morgan fingerprint density at radius 2 is 1.72 bits per heavy atom. The molecule has 2 atom stereocenters. The molecular formula is C15H29NOS. The summed E-state index contributed by atoms with van der Waals surface area (Å²) in [5.41, 5.74) is 0. The molecule has 0 aromatic heterocycles. The number of thioether (sulfide) groups is 1. The van der Waals surface area contributed by atoms with Crippen LogP contribution < -0.4 is 5.32 Å². The number of hydrogen-bond acceptors (Lipinski definition) is 3. The highest BCUT2D eigenvalue weighted by molar-refractivity contribution is 8.00.